The molecule has 0 fully saturated rings. The smallest absolute Gasteiger partial charge is 0.244 e. The van der Waals surface area contributed by atoms with Gasteiger partial charge in [0.05, 0.1) is 26.5 Å². The number of methoxy groups -OCH3 is 1. The molecule has 1 aromatic heterocycles. The zero-order chi connectivity index (χ0) is 19.5. The first-order chi connectivity index (χ1) is 13.1. The van der Waals surface area contributed by atoms with Gasteiger partial charge in [-0.05, 0) is 35.9 Å². The van der Waals surface area contributed by atoms with E-state index in [2.05, 4.69) is 17.2 Å². The van der Waals surface area contributed by atoms with Crippen LogP contribution in [0.4, 0.5) is 0 Å². The number of nitrogens with one attached hydrogen (secondary N) is 2. The first kappa shape index (κ1) is 19.8. The van der Waals surface area contributed by atoms with Gasteiger partial charge in [-0.2, -0.15) is 0 Å². The molecule has 0 aliphatic rings. The lowest BCUT2D eigenvalue weighted by molar-refractivity contribution is -0.124. The summed E-state index contributed by atoms with van der Waals surface area (Å²) in [5.74, 6) is 1.10. The topological polar surface area (TPSA) is 89.8 Å². The Hall–Kier alpha value is -3.48. The maximum Gasteiger partial charge on any atom is 0.244 e. The highest BCUT2D eigenvalue weighted by Gasteiger charge is 2.06. The number of hydrogen-bond acceptors (Lipinski definition) is 5. The first-order valence-electron chi connectivity index (χ1n) is 8.29. The average molecular weight is 370 g/mol. The average Bonchev–Trinajstić information content (AvgIpc) is 3.21. The van der Waals surface area contributed by atoms with E-state index < -0.39 is 0 Å². The summed E-state index contributed by atoms with van der Waals surface area (Å²) in [5, 5.41) is 5.16. The molecule has 2 aromatic rings. The molecule has 0 aliphatic carbocycles. The molecule has 0 unspecified atom stereocenters. The van der Waals surface area contributed by atoms with E-state index in [9.17, 15) is 9.59 Å². The van der Waals surface area contributed by atoms with Crippen LogP contribution in [0.3, 0.4) is 0 Å². The lowest BCUT2D eigenvalue weighted by atomic mass is 10.2. The summed E-state index contributed by atoms with van der Waals surface area (Å²) >= 11 is 0. The lowest BCUT2D eigenvalue weighted by Gasteiger charge is -2.09. The second kappa shape index (κ2) is 10.5. The summed E-state index contributed by atoms with van der Waals surface area (Å²) in [6.45, 7) is 4.12. The summed E-state index contributed by atoms with van der Waals surface area (Å²) in [6, 6.07) is 8.78. The van der Waals surface area contributed by atoms with Crippen LogP contribution >= 0.6 is 0 Å². The van der Waals surface area contributed by atoms with Crippen LogP contribution in [0, 0.1) is 0 Å². The van der Waals surface area contributed by atoms with E-state index in [0.29, 0.717) is 23.9 Å². The second-order valence-electron chi connectivity index (χ2n) is 5.42. The molecule has 2 amide bonds. The zero-order valence-electron chi connectivity index (χ0n) is 15.1. The molecule has 2 rings (SSSR count). The van der Waals surface area contributed by atoms with Crippen LogP contribution in [0.5, 0.6) is 11.5 Å². The second-order valence-corrected chi connectivity index (χ2v) is 5.42. The van der Waals surface area contributed by atoms with Crippen LogP contribution < -0.4 is 20.1 Å². The Bertz CT molecular complexity index is 797. The van der Waals surface area contributed by atoms with Gasteiger partial charge in [0.2, 0.25) is 11.8 Å². The molecule has 0 aliphatic heterocycles. The summed E-state index contributed by atoms with van der Waals surface area (Å²) in [5.41, 5.74) is 0.759. The normalized spacial score (nSPS) is 10.4. The molecule has 0 saturated carbocycles. The van der Waals surface area contributed by atoms with Gasteiger partial charge in [-0.1, -0.05) is 18.7 Å². The number of amides is 2. The lowest BCUT2D eigenvalue weighted by Crippen LogP contribution is -2.35. The van der Waals surface area contributed by atoms with Gasteiger partial charge >= 0.3 is 0 Å². The highest BCUT2D eigenvalue weighted by molar-refractivity contribution is 5.94. The summed E-state index contributed by atoms with van der Waals surface area (Å²) in [6.07, 6.45) is 6.14. The third-order valence-electron chi connectivity index (χ3n) is 3.43. The standard InChI is InChI=1S/C20H22N2O5/c1-3-10-27-17-8-6-15(12-18(17)25-2)7-9-19(23)22-14-20(24)21-13-16-5-4-11-26-16/h3-9,11-12H,1,10,13-14H2,2H3,(H,21,24)(H,22,23)/b9-7+. The van der Waals surface area contributed by atoms with Crippen molar-refractivity contribution >= 4 is 17.9 Å². The van der Waals surface area contributed by atoms with Gasteiger partial charge in [-0.15, -0.1) is 0 Å². The summed E-state index contributed by atoms with van der Waals surface area (Å²) in [4.78, 5) is 23.5. The molecular formula is C20H22N2O5. The Morgan fingerprint density at radius 3 is 2.78 bits per heavy atom. The van der Waals surface area contributed by atoms with Crippen molar-refractivity contribution in [1.82, 2.24) is 10.6 Å². The third-order valence-corrected chi connectivity index (χ3v) is 3.43. The number of rotatable bonds is 10. The van der Waals surface area contributed by atoms with Crippen LogP contribution in [-0.4, -0.2) is 32.1 Å². The molecule has 0 atom stereocenters. The van der Waals surface area contributed by atoms with Gasteiger partial charge < -0.3 is 24.5 Å². The Balaban J connectivity index is 1.81. The molecule has 0 bridgehead atoms. The number of benzene rings is 1. The minimum atomic E-state index is -0.380. The maximum absolute atomic E-state index is 11.9. The molecule has 7 heteroatoms. The number of carbonyl (C=O) groups is 2. The minimum Gasteiger partial charge on any atom is -0.493 e. The summed E-state index contributed by atoms with van der Waals surface area (Å²) < 4.78 is 15.9. The van der Waals surface area contributed by atoms with Crippen LogP contribution in [0.15, 0.2) is 59.7 Å². The van der Waals surface area contributed by atoms with Crippen molar-refractivity contribution in [1.29, 1.82) is 0 Å². The fourth-order valence-electron chi connectivity index (χ4n) is 2.12. The van der Waals surface area contributed by atoms with E-state index in [1.165, 1.54) is 19.4 Å². The molecule has 0 saturated heterocycles. The Labute approximate surface area is 157 Å². The third kappa shape index (κ3) is 6.74. The van der Waals surface area contributed by atoms with Gasteiger partial charge in [0.1, 0.15) is 12.4 Å². The highest BCUT2D eigenvalue weighted by Crippen LogP contribution is 2.28. The van der Waals surface area contributed by atoms with Gasteiger partial charge in [0.15, 0.2) is 11.5 Å². The molecule has 2 N–H and O–H groups in total. The largest absolute Gasteiger partial charge is 0.493 e. The Morgan fingerprint density at radius 2 is 2.07 bits per heavy atom. The van der Waals surface area contributed by atoms with Gasteiger partial charge in [0.25, 0.3) is 0 Å². The summed E-state index contributed by atoms with van der Waals surface area (Å²) in [7, 11) is 1.54. The van der Waals surface area contributed by atoms with Gasteiger partial charge in [0, 0.05) is 6.08 Å². The maximum atomic E-state index is 11.9. The molecule has 0 radical (unpaired) electrons. The Morgan fingerprint density at radius 1 is 1.22 bits per heavy atom. The molecule has 27 heavy (non-hydrogen) atoms. The zero-order valence-corrected chi connectivity index (χ0v) is 15.1. The van der Waals surface area contributed by atoms with Crippen molar-refractivity contribution in [3.63, 3.8) is 0 Å². The SMILES string of the molecule is C=CCOc1ccc(/C=C/C(=O)NCC(=O)NCc2ccco2)cc1OC. The molecule has 142 valence electrons. The van der Waals surface area contributed by atoms with E-state index in [-0.39, 0.29) is 24.9 Å². The van der Waals surface area contributed by atoms with E-state index in [0.717, 1.165) is 5.56 Å². The number of furan rings is 1. The quantitative estimate of drug-likeness (QED) is 0.495. The van der Waals surface area contributed by atoms with Crippen molar-refractivity contribution in [3.8, 4) is 11.5 Å². The molecule has 0 spiro atoms. The fraction of sp³-hybridized carbons (Fsp3) is 0.200. The monoisotopic (exact) mass is 370 g/mol. The predicted molar refractivity (Wildman–Crippen MR) is 101 cm³/mol. The molecule has 7 nitrogen and oxygen atoms in total. The molecule has 1 heterocycles. The van der Waals surface area contributed by atoms with Gasteiger partial charge in [-0.25, -0.2) is 0 Å². The van der Waals surface area contributed by atoms with Crippen LogP contribution in [-0.2, 0) is 16.1 Å². The van der Waals surface area contributed by atoms with Crippen LogP contribution in [0.25, 0.3) is 6.08 Å². The van der Waals surface area contributed by atoms with Crippen LogP contribution in [0.2, 0.25) is 0 Å². The number of carbonyl (C=O) groups excluding carboxylic acids is 2. The van der Waals surface area contributed by atoms with Crippen molar-refractivity contribution in [2.75, 3.05) is 20.3 Å². The van der Waals surface area contributed by atoms with Crippen molar-refractivity contribution in [3.05, 3.63) is 66.6 Å². The first-order valence-corrected chi connectivity index (χ1v) is 8.29. The van der Waals surface area contributed by atoms with Crippen molar-refractivity contribution in [2.24, 2.45) is 0 Å². The number of hydrogen-bond donors (Lipinski definition) is 2. The van der Waals surface area contributed by atoms with E-state index in [1.54, 1.807) is 42.5 Å². The molecule has 1 aromatic carbocycles. The van der Waals surface area contributed by atoms with E-state index >= 15 is 0 Å². The minimum absolute atomic E-state index is 0.123. The van der Waals surface area contributed by atoms with Crippen molar-refractivity contribution < 1.29 is 23.5 Å². The molecular weight excluding hydrogens is 348 g/mol. The Kier molecular flexibility index (Phi) is 7.71. The predicted octanol–water partition coefficient (Wildman–Crippen LogP) is 2.30. The van der Waals surface area contributed by atoms with Crippen LogP contribution in [0.1, 0.15) is 11.3 Å². The fourth-order valence-corrected chi connectivity index (χ4v) is 2.12. The highest BCUT2D eigenvalue weighted by atomic mass is 16.5. The van der Waals surface area contributed by atoms with E-state index in [1.807, 2.05) is 0 Å². The number of ether oxygens (including phenoxy) is 2. The van der Waals surface area contributed by atoms with E-state index in [4.69, 9.17) is 13.9 Å². The van der Waals surface area contributed by atoms with Gasteiger partial charge in [-0.3, -0.25) is 9.59 Å². The van der Waals surface area contributed by atoms with Crippen molar-refractivity contribution in [2.45, 2.75) is 6.54 Å².